The van der Waals surface area contributed by atoms with E-state index in [-0.39, 0.29) is 17.5 Å². The summed E-state index contributed by atoms with van der Waals surface area (Å²) in [5.74, 6) is 5.49. The Balaban J connectivity index is 0.991. The number of aromatic nitrogens is 4. The van der Waals surface area contributed by atoms with Crippen LogP contribution in [0, 0.1) is 0 Å². The molecule has 4 heterocycles. The molecule has 78 heavy (non-hydrogen) atoms. The molecule has 0 unspecified atom stereocenters. The van der Waals surface area contributed by atoms with Crippen molar-refractivity contribution in [3.05, 3.63) is 236 Å². The standard InChI is InChI=1S/C70H55BN4O3/c1-69(2,3)47-36-38-57(50(41-47)44-22-9-7-10-23-44)74-59-32-17-15-30-55(59)72-67(74)46-26-21-27-49(40-46)76-63-43-52(65-64-66(63)78-62-35-20-14-29-54(62)71(64)53-28-13-19-34-61(53)77-65)68-73-56-31-16-18-33-60(56)75(68)58-39-37-48(70(4,5)6)42-51(58)45-24-11-8-12-25-45/h7-43H,1-6H3. The van der Waals surface area contributed by atoms with Crippen LogP contribution in [0.4, 0.5) is 0 Å². The van der Waals surface area contributed by atoms with Crippen molar-refractivity contribution in [3.63, 3.8) is 0 Å². The maximum absolute atomic E-state index is 7.35. The Morgan fingerprint density at radius 3 is 1.45 bits per heavy atom. The van der Waals surface area contributed by atoms with E-state index in [9.17, 15) is 0 Å². The zero-order valence-electron chi connectivity index (χ0n) is 44.5. The van der Waals surface area contributed by atoms with E-state index >= 15 is 0 Å². The molecule has 0 bridgehead atoms. The second-order valence-corrected chi connectivity index (χ2v) is 22.6. The van der Waals surface area contributed by atoms with E-state index in [2.05, 4.69) is 233 Å². The van der Waals surface area contributed by atoms with Gasteiger partial charge in [0.1, 0.15) is 34.6 Å². The van der Waals surface area contributed by atoms with Crippen LogP contribution in [0.15, 0.2) is 224 Å². The van der Waals surface area contributed by atoms with Crippen molar-refractivity contribution in [2.24, 2.45) is 0 Å². The fraction of sp³-hybridized carbons (Fsp3) is 0.114. The first-order valence-corrected chi connectivity index (χ1v) is 26.8. The van der Waals surface area contributed by atoms with Crippen LogP contribution in [0.1, 0.15) is 52.7 Å². The third-order valence-corrected chi connectivity index (χ3v) is 15.5. The summed E-state index contributed by atoms with van der Waals surface area (Å²) in [4.78, 5) is 10.9. The minimum atomic E-state index is -0.231. The molecule has 2 aromatic heterocycles. The van der Waals surface area contributed by atoms with Gasteiger partial charge in [-0.2, -0.15) is 0 Å². The number of rotatable bonds is 8. The van der Waals surface area contributed by atoms with Crippen LogP contribution < -0.4 is 30.6 Å². The normalized spacial score (nSPS) is 12.7. The largest absolute Gasteiger partial charge is 0.458 e. The van der Waals surface area contributed by atoms with Crippen LogP contribution in [0.5, 0.6) is 34.5 Å². The van der Waals surface area contributed by atoms with Gasteiger partial charge in [-0.1, -0.05) is 187 Å². The van der Waals surface area contributed by atoms with E-state index in [1.165, 1.54) is 11.1 Å². The zero-order chi connectivity index (χ0) is 52.9. The Kier molecular flexibility index (Phi) is 10.9. The molecule has 0 N–H and O–H groups in total. The highest BCUT2D eigenvalue weighted by Gasteiger charge is 2.44. The highest BCUT2D eigenvalue weighted by atomic mass is 16.5. The Morgan fingerprint density at radius 2 is 0.885 bits per heavy atom. The lowest BCUT2D eigenvalue weighted by atomic mass is 9.34. The van der Waals surface area contributed by atoms with Gasteiger partial charge >= 0.3 is 0 Å². The molecule has 7 nitrogen and oxygen atoms in total. The van der Waals surface area contributed by atoms with E-state index in [0.717, 1.165) is 101 Å². The van der Waals surface area contributed by atoms with Gasteiger partial charge in [0.2, 0.25) is 0 Å². The third-order valence-electron chi connectivity index (χ3n) is 15.5. The summed E-state index contributed by atoms with van der Waals surface area (Å²) in [6.45, 7) is 13.3. The molecule has 2 aliphatic heterocycles. The molecule has 8 heteroatoms. The molecule has 0 fully saturated rings. The van der Waals surface area contributed by atoms with E-state index < -0.39 is 0 Å². The topological polar surface area (TPSA) is 63.3 Å². The van der Waals surface area contributed by atoms with E-state index in [0.29, 0.717) is 28.8 Å². The molecule has 0 spiro atoms. The van der Waals surface area contributed by atoms with E-state index in [4.69, 9.17) is 24.2 Å². The summed E-state index contributed by atoms with van der Waals surface area (Å²) in [7, 11) is 0. The molecule has 14 rings (SSSR count). The molecule has 0 atom stereocenters. The summed E-state index contributed by atoms with van der Waals surface area (Å²) in [5, 5.41) is 0. The summed E-state index contributed by atoms with van der Waals surface area (Å²) < 4.78 is 26.3. The van der Waals surface area contributed by atoms with Crippen LogP contribution in [-0.2, 0) is 10.8 Å². The second-order valence-electron chi connectivity index (χ2n) is 22.6. The molecule has 0 amide bonds. The number of fused-ring (bicyclic) bond motifs is 6. The van der Waals surface area contributed by atoms with Crippen molar-refractivity contribution in [2.75, 3.05) is 0 Å². The lowest BCUT2D eigenvalue weighted by Crippen LogP contribution is -2.57. The number of hydrogen-bond donors (Lipinski definition) is 0. The minimum absolute atomic E-state index is 0.0554. The predicted octanol–water partition coefficient (Wildman–Crippen LogP) is 16.1. The molecule has 0 radical (unpaired) electrons. The molecule has 2 aliphatic rings. The molecule has 12 aromatic rings. The molecular weight excluding hydrogens is 956 g/mol. The van der Waals surface area contributed by atoms with Gasteiger partial charge in [-0.25, -0.2) is 9.97 Å². The van der Waals surface area contributed by atoms with Crippen LogP contribution in [0.3, 0.4) is 0 Å². The number of benzene rings is 10. The smallest absolute Gasteiger partial charge is 0.260 e. The van der Waals surface area contributed by atoms with Gasteiger partial charge < -0.3 is 14.2 Å². The molecule has 0 saturated heterocycles. The molecule has 0 aliphatic carbocycles. The van der Waals surface area contributed by atoms with Crippen molar-refractivity contribution < 1.29 is 14.2 Å². The highest BCUT2D eigenvalue weighted by molar-refractivity contribution is 6.98. The van der Waals surface area contributed by atoms with Crippen LogP contribution in [-0.4, -0.2) is 25.8 Å². The Labute approximate surface area is 455 Å². The maximum atomic E-state index is 7.35. The second kappa shape index (κ2) is 18.1. The quantitative estimate of drug-likeness (QED) is 0.142. The number of nitrogens with zero attached hydrogens (tertiary/aromatic N) is 4. The van der Waals surface area contributed by atoms with Crippen molar-refractivity contribution >= 4 is 45.2 Å². The molecule has 10 aromatic carbocycles. The fourth-order valence-electron chi connectivity index (χ4n) is 11.5. The van der Waals surface area contributed by atoms with E-state index in [1.807, 2.05) is 42.5 Å². The monoisotopic (exact) mass is 1010 g/mol. The number of para-hydroxylation sites is 6. The maximum Gasteiger partial charge on any atom is 0.260 e. The zero-order valence-corrected chi connectivity index (χ0v) is 44.5. The third kappa shape index (κ3) is 7.89. The van der Waals surface area contributed by atoms with Crippen molar-refractivity contribution in [2.45, 2.75) is 52.4 Å². The van der Waals surface area contributed by atoms with Crippen LogP contribution in [0.25, 0.3) is 78.5 Å². The average molecular weight is 1010 g/mol. The lowest BCUT2D eigenvalue weighted by molar-refractivity contribution is 0.415. The van der Waals surface area contributed by atoms with E-state index in [1.54, 1.807) is 0 Å². The number of imidazole rings is 2. The van der Waals surface area contributed by atoms with Gasteiger partial charge in [0.05, 0.1) is 39.0 Å². The summed E-state index contributed by atoms with van der Waals surface area (Å²) in [6, 6.07) is 78.7. The van der Waals surface area contributed by atoms with Crippen LogP contribution in [0.2, 0.25) is 0 Å². The van der Waals surface area contributed by atoms with Gasteiger partial charge in [0.25, 0.3) is 6.71 Å². The van der Waals surface area contributed by atoms with Gasteiger partial charge in [0, 0.05) is 22.2 Å². The SMILES string of the molecule is CC(C)(C)c1ccc(-n2c(-c3cccc(Oc4cc(-c5nc6ccccc6n5-c5ccc(C(C)(C)C)cc5-c5ccccc5)c5c6c4Oc4ccccc4B6c4ccccc4O5)c3)nc3ccccc32)c(-c2ccccc2)c1. The first-order valence-electron chi connectivity index (χ1n) is 26.8. The first kappa shape index (κ1) is 47.1. The first-order chi connectivity index (χ1) is 37.9. The predicted molar refractivity (Wildman–Crippen MR) is 319 cm³/mol. The summed E-state index contributed by atoms with van der Waals surface area (Å²) in [6.07, 6.45) is 0. The molecule has 0 saturated carbocycles. The minimum Gasteiger partial charge on any atom is -0.458 e. The van der Waals surface area contributed by atoms with Gasteiger partial charge in [0.15, 0.2) is 11.5 Å². The Hall–Kier alpha value is -9.40. The number of hydrogen-bond acceptors (Lipinski definition) is 5. The van der Waals surface area contributed by atoms with Crippen LogP contribution >= 0.6 is 0 Å². The fourth-order valence-corrected chi connectivity index (χ4v) is 11.5. The summed E-state index contributed by atoms with van der Waals surface area (Å²) in [5.41, 5.74) is 17.2. The van der Waals surface area contributed by atoms with Gasteiger partial charge in [-0.05, 0) is 123 Å². The number of ether oxygens (including phenoxy) is 3. The Bertz CT molecular complexity index is 4320. The summed E-state index contributed by atoms with van der Waals surface area (Å²) >= 11 is 0. The molecule has 376 valence electrons. The van der Waals surface area contributed by atoms with Crippen molar-refractivity contribution in [3.8, 4) is 90.9 Å². The van der Waals surface area contributed by atoms with Gasteiger partial charge in [-0.15, -0.1) is 0 Å². The van der Waals surface area contributed by atoms with Crippen molar-refractivity contribution in [1.29, 1.82) is 0 Å². The Morgan fingerprint density at radius 1 is 0.410 bits per heavy atom. The van der Waals surface area contributed by atoms with Crippen molar-refractivity contribution in [1.82, 2.24) is 19.1 Å². The highest BCUT2D eigenvalue weighted by Crippen LogP contribution is 2.49. The van der Waals surface area contributed by atoms with Gasteiger partial charge in [-0.3, -0.25) is 9.13 Å². The average Bonchev–Trinajstić information content (AvgIpc) is 4.07. The molecular formula is C70H55BN4O3. The lowest BCUT2D eigenvalue weighted by Gasteiger charge is -2.34.